The normalized spacial score (nSPS) is 9.96. The minimum Gasteiger partial charge on any atom is -0.452 e. The molecule has 0 fully saturated rings. The Balaban J connectivity index is 1.83. The molecule has 0 saturated carbocycles. The molecule has 5 heteroatoms. The zero-order valence-corrected chi connectivity index (χ0v) is 12.7. The van der Waals surface area contributed by atoms with E-state index in [1.165, 1.54) is 19.1 Å². The van der Waals surface area contributed by atoms with Crippen LogP contribution in [0.1, 0.15) is 33.2 Å². The van der Waals surface area contributed by atoms with E-state index in [0.717, 1.165) is 5.56 Å². The van der Waals surface area contributed by atoms with Crippen LogP contribution in [0.25, 0.3) is 0 Å². The Labute approximate surface area is 134 Å². The maximum atomic E-state index is 11.9. The molecule has 2 rings (SSSR count). The molecule has 0 aliphatic rings. The van der Waals surface area contributed by atoms with Gasteiger partial charge in [0.05, 0.1) is 5.56 Å². The largest absolute Gasteiger partial charge is 0.452 e. The van der Waals surface area contributed by atoms with E-state index in [-0.39, 0.29) is 23.9 Å². The fraction of sp³-hybridized carbons (Fsp3) is 0.167. The molecule has 0 aliphatic heterocycles. The molecule has 0 heterocycles. The van der Waals surface area contributed by atoms with E-state index in [1.54, 1.807) is 12.1 Å². The van der Waals surface area contributed by atoms with Crippen molar-refractivity contribution < 1.29 is 19.1 Å². The molecule has 118 valence electrons. The fourth-order valence-corrected chi connectivity index (χ4v) is 1.93. The van der Waals surface area contributed by atoms with E-state index in [4.69, 9.17) is 4.74 Å². The third-order valence-electron chi connectivity index (χ3n) is 3.17. The van der Waals surface area contributed by atoms with Crippen LogP contribution in [-0.2, 0) is 16.1 Å². The van der Waals surface area contributed by atoms with Crippen LogP contribution in [-0.4, -0.2) is 24.3 Å². The van der Waals surface area contributed by atoms with Crippen LogP contribution in [0.2, 0.25) is 0 Å². The summed E-state index contributed by atoms with van der Waals surface area (Å²) in [4.78, 5) is 34.9. The molecule has 0 bridgehead atoms. The predicted molar refractivity (Wildman–Crippen MR) is 85.0 cm³/mol. The van der Waals surface area contributed by atoms with E-state index in [1.807, 2.05) is 30.3 Å². The Kier molecular flexibility index (Phi) is 5.63. The van der Waals surface area contributed by atoms with Crippen molar-refractivity contribution in [3.8, 4) is 0 Å². The first-order valence-electron chi connectivity index (χ1n) is 7.15. The first-order valence-corrected chi connectivity index (χ1v) is 7.15. The molecule has 2 aromatic carbocycles. The van der Waals surface area contributed by atoms with Crippen LogP contribution < -0.4 is 5.32 Å². The number of hydrogen-bond donors (Lipinski definition) is 1. The molecule has 0 aliphatic carbocycles. The van der Waals surface area contributed by atoms with Crippen LogP contribution in [0.15, 0.2) is 54.6 Å². The number of nitrogens with one attached hydrogen (secondary N) is 1. The molecule has 0 unspecified atom stereocenters. The summed E-state index contributed by atoms with van der Waals surface area (Å²) >= 11 is 0. The fourth-order valence-electron chi connectivity index (χ4n) is 1.93. The summed E-state index contributed by atoms with van der Waals surface area (Å²) in [5.74, 6) is -1.16. The van der Waals surface area contributed by atoms with Gasteiger partial charge in [0.25, 0.3) is 5.91 Å². The molecule has 0 aromatic heterocycles. The van der Waals surface area contributed by atoms with Crippen LogP contribution in [0.3, 0.4) is 0 Å². The molecule has 5 nitrogen and oxygen atoms in total. The van der Waals surface area contributed by atoms with Gasteiger partial charge in [-0.15, -0.1) is 0 Å². The van der Waals surface area contributed by atoms with Gasteiger partial charge in [0.1, 0.15) is 0 Å². The van der Waals surface area contributed by atoms with Gasteiger partial charge >= 0.3 is 5.97 Å². The Morgan fingerprint density at radius 2 is 1.65 bits per heavy atom. The highest BCUT2D eigenvalue weighted by molar-refractivity contribution is 5.98. The molecule has 0 radical (unpaired) electrons. The van der Waals surface area contributed by atoms with Gasteiger partial charge in [0.2, 0.25) is 0 Å². The predicted octanol–water partition coefficient (Wildman–Crippen LogP) is 2.36. The second-order valence-corrected chi connectivity index (χ2v) is 4.98. The highest BCUT2D eigenvalue weighted by atomic mass is 16.5. The summed E-state index contributed by atoms with van der Waals surface area (Å²) in [5.41, 5.74) is 1.63. The molecule has 0 saturated heterocycles. The van der Waals surface area contributed by atoms with Crippen LogP contribution in [0, 0.1) is 0 Å². The van der Waals surface area contributed by atoms with Crippen molar-refractivity contribution in [2.75, 3.05) is 6.61 Å². The highest BCUT2D eigenvalue weighted by Gasteiger charge is 2.11. The van der Waals surface area contributed by atoms with Gasteiger partial charge in [-0.05, 0) is 24.6 Å². The molecule has 1 amide bonds. The number of esters is 1. The molecule has 0 spiro atoms. The Morgan fingerprint density at radius 1 is 0.957 bits per heavy atom. The number of hydrogen-bond acceptors (Lipinski definition) is 4. The van der Waals surface area contributed by atoms with Gasteiger partial charge in [-0.25, -0.2) is 4.79 Å². The lowest BCUT2D eigenvalue weighted by molar-refractivity contribution is -0.124. The van der Waals surface area contributed by atoms with Gasteiger partial charge in [-0.3, -0.25) is 9.59 Å². The number of rotatable bonds is 6. The zero-order valence-electron chi connectivity index (χ0n) is 12.7. The lowest BCUT2D eigenvalue weighted by Gasteiger charge is -2.07. The third kappa shape index (κ3) is 5.07. The second kappa shape index (κ2) is 7.89. The van der Waals surface area contributed by atoms with Crippen molar-refractivity contribution in [3.05, 3.63) is 71.3 Å². The van der Waals surface area contributed by atoms with Gasteiger partial charge in [0, 0.05) is 12.1 Å². The van der Waals surface area contributed by atoms with Crippen molar-refractivity contribution in [2.24, 2.45) is 0 Å². The molecule has 1 N–H and O–H groups in total. The Bertz CT molecular complexity index is 710. The number of Topliss-reactive ketones (excluding diaryl/α,β-unsaturated/α-hetero) is 1. The topological polar surface area (TPSA) is 72.5 Å². The van der Waals surface area contributed by atoms with Crippen LogP contribution in [0.5, 0.6) is 0 Å². The number of ether oxygens (including phenoxy) is 1. The molecule has 0 atom stereocenters. The van der Waals surface area contributed by atoms with E-state index >= 15 is 0 Å². The molecular weight excluding hydrogens is 294 g/mol. The lowest BCUT2D eigenvalue weighted by Crippen LogP contribution is -2.28. The summed E-state index contributed by atoms with van der Waals surface area (Å²) in [5, 5.41) is 2.67. The molecule has 2 aromatic rings. The molecular formula is C18H17NO4. The average Bonchev–Trinajstić information content (AvgIpc) is 2.58. The number of benzene rings is 2. The number of carbonyl (C=O) groups excluding carboxylic acids is 3. The van der Waals surface area contributed by atoms with Crippen molar-refractivity contribution in [1.29, 1.82) is 0 Å². The van der Waals surface area contributed by atoms with Crippen LogP contribution in [0.4, 0.5) is 0 Å². The summed E-state index contributed by atoms with van der Waals surface area (Å²) in [6.07, 6.45) is 0. The lowest BCUT2D eigenvalue weighted by atomic mass is 10.1. The van der Waals surface area contributed by atoms with Crippen molar-refractivity contribution in [3.63, 3.8) is 0 Å². The van der Waals surface area contributed by atoms with Gasteiger partial charge in [-0.2, -0.15) is 0 Å². The van der Waals surface area contributed by atoms with E-state index in [9.17, 15) is 14.4 Å². The average molecular weight is 311 g/mol. The Morgan fingerprint density at radius 3 is 2.35 bits per heavy atom. The van der Waals surface area contributed by atoms with Gasteiger partial charge in [0.15, 0.2) is 12.4 Å². The third-order valence-corrected chi connectivity index (χ3v) is 3.17. The Hall–Kier alpha value is -2.95. The minimum atomic E-state index is -0.636. The summed E-state index contributed by atoms with van der Waals surface area (Å²) in [6, 6.07) is 15.6. The number of carbonyl (C=O) groups is 3. The van der Waals surface area contributed by atoms with Gasteiger partial charge in [-0.1, -0.05) is 42.5 Å². The summed E-state index contributed by atoms with van der Waals surface area (Å²) in [7, 11) is 0. The van der Waals surface area contributed by atoms with Crippen molar-refractivity contribution in [1.82, 2.24) is 5.32 Å². The maximum Gasteiger partial charge on any atom is 0.338 e. The monoisotopic (exact) mass is 311 g/mol. The van der Waals surface area contributed by atoms with Crippen molar-refractivity contribution in [2.45, 2.75) is 13.5 Å². The standard InChI is InChI=1S/C18H17NO4/c1-13(20)15-8-5-9-16(10-15)18(22)23-12-17(21)19-11-14-6-3-2-4-7-14/h2-10H,11-12H2,1H3,(H,19,21). The van der Waals surface area contributed by atoms with E-state index in [2.05, 4.69) is 5.32 Å². The zero-order chi connectivity index (χ0) is 16.7. The number of ketones is 1. The summed E-state index contributed by atoms with van der Waals surface area (Å²) < 4.78 is 4.95. The quantitative estimate of drug-likeness (QED) is 0.656. The second-order valence-electron chi connectivity index (χ2n) is 4.98. The molecule has 23 heavy (non-hydrogen) atoms. The number of amides is 1. The summed E-state index contributed by atoms with van der Waals surface area (Å²) in [6.45, 7) is 1.43. The smallest absolute Gasteiger partial charge is 0.338 e. The first-order chi connectivity index (χ1) is 11.1. The minimum absolute atomic E-state index is 0.139. The van der Waals surface area contributed by atoms with E-state index in [0.29, 0.717) is 12.1 Å². The first kappa shape index (κ1) is 16.4. The highest BCUT2D eigenvalue weighted by Crippen LogP contribution is 2.07. The van der Waals surface area contributed by atoms with E-state index < -0.39 is 5.97 Å². The van der Waals surface area contributed by atoms with Crippen molar-refractivity contribution >= 4 is 17.7 Å². The van der Waals surface area contributed by atoms with Crippen LogP contribution >= 0.6 is 0 Å². The maximum absolute atomic E-state index is 11.9. The SMILES string of the molecule is CC(=O)c1cccc(C(=O)OCC(=O)NCc2ccccc2)c1. The van der Waals surface area contributed by atoms with Gasteiger partial charge < -0.3 is 10.1 Å².